The van der Waals surface area contributed by atoms with Gasteiger partial charge in [0.25, 0.3) is 5.91 Å². The Morgan fingerprint density at radius 2 is 1.71 bits per heavy atom. The summed E-state index contributed by atoms with van der Waals surface area (Å²) in [6.45, 7) is 6.55. The van der Waals surface area contributed by atoms with E-state index in [-0.39, 0.29) is 12.5 Å². The molecule has 4 rings (SSSR count). The van der Waals surface area contributed by atoms with E-state index in [0.29, 0.717) is 29.3 Å². The maximum Gasteiger partial charge on any atom is 0.416 e. The largest absolute Gasteiger partial charge is 0.493 e. The minimum absolute atomic E-state index is 0.229. The van der Waals surface area contributed by atoms with E-state index in [1.54, 1.807) is 10.6 Å². The van der Waals surface area contributed by atoms with Gasteiger partial charge in [0, 0.05) is 17.6 Å². The van der Waals surface area contributed by atoms with Crippen LogP contribution in [0.1, 0.15) is 39.7 Å². The predicted octanol–water partition coefficient (Wildman–Crippen LogP) is 6.98. The zero-order valence-electron chi connectivity index (χ0n) is 19.2. The Balaban J connectivity index is 1.75. The number of nitrogens with one attached hydrogen (secondary N) is 1. The molecule has 4 nitrogen and oxygen atoms in total. The summed E-state index contributed by atoms with van der Waals surface area (Å²) in [7, 11) is 0. The molecule has 34 heavy (non-hydrogen) atoms. The summed E-state index contributed by atoms with van der Waals surface area (Å²) < 4.78 is 46.5. The first-order chi connectivity index (χ1) is 16.2. The molecule has 1 heterocycles. The average molecular weight is 467 g/mol. The van der Waals surface area contributed by atoms with E-state index < -0.39 is 11.7 Å². The van der Waals surface area contributed by atoms with Crippen LogP contribution in [-0.2, 0) is 12.7 Å². The minimum atomic E-state index is -4.40. The molecule has 176 valence electrons. The fourth-order valence-corrected chi connectivity index (χ4v) is 3.89. The zero-order valence-corrected chi connectivity index (χ0v) is 19.2. The molecule has 1 aromatic heterocycles. The fourth-order valence-electron chi connectivity index (χ4n) is 3.89. The standard InChI is InChI=1S/C27H25F3N2O2/c1-4-34-25-7-5-6-23-22(25)15-24(26(33)31-21-13-8-17(2)18(3)14-21)32(23)16-19-9-11-20(12-10-19)27(28,29)30/h5-15H,4,16H2,1-3H3,(H,31,33). The minimum Gasteiger partial charge on any atom is -0.493 e. The summed E-state index contributed by atoms with van der Waals surface area (Å²) in [6, 6.07) is 18.0. The molecule has 0 aliphatic rings. The van der Waals surface area contributed by atoms with E-state index >= 15 is 0 Å². The molecule has 1 N–H and O–H groups in total. The molecule has 0 aliphatic heterocycles. The fraction of sp³-hybridized carbons (Fsp3) is 0.222. The maximum absolute atomic E-state index is 13.3. The number of rotatable bonds is 6. The number of benzene rings is 3. The van der Waals surface area contributed by atoms with Crippen molar-refractivity contribution in [1.82, 2.24) is 4.57 Å². The van der Waals surface area contributed by atoms with Crippen molar-refractivity contribution in [3.63, 3.8) is 0 Å². The molecule has 4 aromatic rings. The van der Waals surface area contributed by atoms with Gasteiger partial charge in [0.1, 0.15) is 11.4 Å². The Kier molecular flexibility index (Phi) is 6.37. The number of carbonyl (C=O) groups excluding carboxylic acids is 1. The van der Waals surface area contributed by atoms with Crippen LogP contribution in [0.4, 0.5) is 18.9 Å². The van der Waals surface area contributed by atoms with Gasteiger partial charge >= 0.3 is 6.18 Å². The van der Waals surface area contributed by atoms with Crippen molar-refractivity contribution in [1.29, 1.82) is 0 Å². The summed E-state index contributed by atoms with van der Waals surface area (Å²) in [5.74, 6) is 0.334. The number of hydrogen-bond donors (Lipinski definition) is 1. The van der Waals surface area contributed by atoms with Crippen molar-refractivity contribution in [3.05, 3.63) is 94.7 Å². The Morgan fingerprint density at radius 1 is 0.971 bits per heavy atom. The molecule has 0 bridgehead atoms. The van der Waals surface area contributed by atoms with Crippen LogP contribution in [0.25, 0.3) is 10.9 Å². The average Bonchev–Trinajstić information content (AvgIpc) is 3.16. The molecule has 0 radical (unpaired) electrons. The number of ether oxygens (including phenoxy) is 1. The van der Waals surface area contributed by atoms with Crippen LogP contribution >= 0.6 is 0 Å². The monoisotopic (exact) mass is 466 g/mol. The summed E-state index contributed by atoms with van der Waals surface area (Å²) in [4.78, 5) is 13.3. The normalized spacial score (nSPS) is 11.6. The van der Waals surface area contributed by atoms with Crippen LogP contribution in [0, 0.1) is 13.8 Å². The third kappa shape index (κ3) is 4.78. The number of nitrogens with zero attached hydrogens (tertiary/aromatic N) is 1. The van der Waals surface area contributed by atoms with Gasteiger partial charge in [-0.2, -0.15) is 13.2 Å². The van der Waals surface area contributed by atoms with Crippen LogP contribution in [-0.4, -0.2) is 17.1 Å². The number of halogens is 3. The van der Waals surface area contributed by atoms with E-state index in [1.165, 1.54) is 12.1 Å². The molecule has 0 saturated carbocycles. The highest BCUT2D eigenvalue weighted by atomic mass is 19.4. The van der Waals surface area contributed by atoms with Gasteiger partial charge in [0.15, 0.2) is 0 Å². The number of aromatic nitrogens is 1. The molecule has 0 atom stereocenters. The van der Waals surface area contributed by atoms with E-state index in [9.17, 15) is 18.0 Å². The van der Waals surface area contributed by atoms with Crippen molar-refractivity contribution in [2.24, 2.45) is 0 Å². The van der Waals surface area contributed by atoms with Gasteiger partial charge in [-0.05, 0) is 79.9 Å². The van der Waals surface area contributed by atoms with Crippen molar-refractivity contribution >= 4 is 22.5 Å². The number of amides is 1. The molecule has 7 heteroatoms. The Morgan fingerprint density at radius 3 is 2.35 bits per heavy atom. The maximum atomic E-state index is 13.3. The van der Waals surface area contributed by atoms with Crippen LogP contribution in [0.5, 0.6) is 5.75 Å². The molecule has 0 spiro atoms. The Hall–Kier alpha value is -3.74. The highest BCUT2D eigenvalue weighted by molar-refractivity contribution is 6.07. The zero-order chi connectivity index (χ0) is 24.5. The Labute approximate surface area is 196 Å². The number of aryl methyl sites for hydroxylation is 2. The summed E-state index contributed by atoms with van der Waals surface area (Å²) in [5.41, 5.74) is 3.94. The lowest BCUT2D eigenvalue weighted by Crippen LogP contribution is -2.17. The molecular weight excluding hydrogens is 441 g/mol. The van der Waals surface area contributed by atoms with E-state index in [2.05, 4.69) is 5.32 Å². The first kappa shape index (κ1) is 23.4. The van der Waals surface area contributed by atoms with Crippen LogP contribution in [0.3, 0.4) is 0 Å². The summed E-state index contributed by atoms with van der Waals surface area (Å²) in [5, 5.41) is 3.71. The first-order valence-corrected chi connectivity index (χ1v) is 11.0. The molecule has 0 fully saturated rings. The molecule has 1 amide bonds. The van der Waals surface area contributed by atoms with Crippen molar-refractivity contribution in [3.8, 4) is 5.75 Å². The molecule has 3 aromatic carbocycles. The molecule has 0 unspecified atom stereocenters. The highest BCUT2D eigenvalue weighted by Gasteiger charge is 2.30. The second-order valence-corrected chi connectivity index (χ2v) is 8.19. The third-order valence-corrected chi connectivity index (χ3v) is 5.82. The van der Waals surface area contributed by atoms with Gasteiger partial charge in [0.2, 0.25) is 0 Å². The van der Waals surface area contributed by atoms with Crippen molar-refractivity contribution < 1.29 is 22.7 Å². The lowest BCUT2D eigenvalue weighted by molar-refractivity contribution is -0.137. The van der Waals surface area contributed by atoms with E-state index in [1.807, 2.05) is 57.2 Å². The van der Waals surface area contributed by atoms with E-state index in [0.717, 1.165) is 34.2 Å². The van der Waals surface area contributed by atoms with Gasteiger partial charge in [-0.1, -0.05) is 24.3 Å². The summed E-state index contributed by atoms with van der Waals surface area (Å²) in [6.07, 6.45) is -4.40. The van der Waals surface area contributed by atoms with Gasteiger partial charge in [0.05, 0.1) is 17.7 Å². The van der Waals surface area contributed by atoms with Crippen LogP contribution in [0.2, 0.25) is 0 Å². The van der Waals surface area contributed by atoms with Gasteiger partial charge in [-0.3, -0.25) is 4.79 Å². The molecule has 0 aliphatic carbocycles. The van der Waals surface area contributed by atoms with E-state index in [4.69, 9.17) is 4.74 Å². The second kappa shape index (κ2) is 9.25. The van der Waals surface area contributed by atoms with Crippen LogP contribution < -0.4 is 10.1 Å². The molecular formula is C27H25F3N2O2. The lowest BCUT2D eigenvalue weighted by atomic mass is 10.1. The third-order valence-electron chi connectivity index (χ3n) is 5.82. The topological polar surface area (TPSA) is 43.3 Å². The first-order valence-electron chi connectivity index (χ1n) is 11.0. The van der Waals surface area contributed by atoms with Gasteiger partial charge in [-0.25, -0.2) is 0 Å². The van der Waals surface area contributed by atoms with Gasteiger partial charge in [-0.15, -0.1) is 0 Å². The lowest BCUT2D eigenvalue weighted by Gasteiger charge is -2.13. The number of fused-ring (bicyclic) bond motifs is 1. The molecule has 0 saturated heterocycles. The Bertz CT molecular complexity index is 1340. The number of hydrogen-bond acceptors (Lipinski definition) is 2. The van der Waals surface area contributed by atoms with Gasteiger partial charge < -0.3 is 14.6 Å². The highest BCUT2D eigenvalue weighted by Crippen LogP contribution is 2.32. The van der Waals surface area contributed by atoms with Crippen molar-refractivity contribution in [2.45, 2.75) is 33.5 Å². The smallest absolute Gasteiger partial charge is 0.416 e. The predicted molar refractivity (Wildman–Crippen MR) is 128 cm³/mol. The van der Waals surface area contributed by atoms with Crippen molar-refractivity contribution in [2.75, 3.05) is 11.9 Å². The second-order valence-electron chi connectivity index (χ2n) is 8.19. The number of anilines is 1. The quantitative estimate of drug-likeness (QED) is 0.333. The SMILES string of the molecule is CCOc1cccc2c1cc(C(=O)Nc1ccc(C)c(C)c1)n2Cc1ccc(C(F)(F)F)cc1. The number of alkyl halides is 3. The number of carbonyl (C=O) groups is 1. The summed E-state index contributed by atoms with van der Waals surface area (Å²) >= 11 is 0. The van der Waals surface area contributed by atoms with Crippen LogP contribution in [0.15, 0.2) is 66.7 Å².